The minimum atomic E-state index is -5.08. The molecule has 2 aliphatic heterocycles. The zero-order chi connectivity index (χ0) is 30.1. The largest absolute Gasteiger partial charge is 0.490 e. The van der Waals surface area contributed by atoms with Crippen LogP contribution >= 0.6 is 0 Å². The summed E-state index contributed by atoms with van der Waals surface area (Å²) >= 11 is 0. The standard InChI is InChI=1S/C27H25N5O2S.C2HF3O2/c28-15-20-5-8-26(27(13-20)35(33,34)32-12-11-31-19-29-16-25(31)18-32)30-10-9-24(17-30)23-7-6-21-3-1-2-4-22(21)14-23;3-2(4,5)1(6)7/h1-8,13-14,16,19,24H,9-12,17-18H2;(H,6,7). The van der Waals surface area contributed by atoms with Gasteiger partial charge in [0, 0.05) is 38.3 Å². The molecule has 3 aromatic carbocycles. The molecule has 0 bridgehead atoms. The van der Waals surface area contributed by atoms with E-state index >= 15 is 0 Å². The van der Waals surface area contributed by atoms with Crippen molar-refractivity contribution in [2.24, 2.45) is 0 Å². The number of nitriles is 1. The Labute approximate surface area is 240 Å². The lowest BCUT2D eigenvalue weighted by Gasteiger charge is -2.30. The third-order valence-corrected chi connectivity index (χ3v) is 9.32. The minimum Gasteiger partial charge on any atom is -0.475 e. The van der Waals surface area contributed by atoms with Crippen LogP contribution in [0.3, 0.4) is 0 Å². The summed E-state index contributed by atoms with van der Waals surface area (Å²) < 4.78 is 62.9. The highest BCUT2D eigenvalue weighted by Crippen LogP contribution is 2.37. The number of aliphatic carboxylic acids is 1. The van der Waals surface area contributed by atoms with Crippen molar-refractivity contribution in [3.63, 3.8) is 0 Å². The highest BCUT2D eigenvalue weighted by molar-refractivity contribution is 7.89. The number of alkyl halides is 3. The second-order valence-corrected chi connectivity index (χ2v) is 12.0. The van der Waals surface area contributed by atoms with E-state index < -0.39 is 22.2 Å². The average Bonchev–Trinajstić information content (AvgIpc) is 3.66. The highest BCUT2D eigenvalue weighted by atomic mass is 32.2. The molecule has 0 aliphatic carbocycles. The van der Waals surface area contributed by atoms with Crippen LogP contribution in [-0.4, -0.2) is 59.2 Å². The van der Waals surface area contributed by atoms with Crippen LogP contribution in [0, 0.1) is 11.3 Å². The molecule has 1 atom stereocenters. The molecule has 1 aromatic heterocycles. The second-order valence-electron chi connectivity index (χ2n) is 10.1. The Morgan fingerprint density at radius 1 is 1.02 bits per heavy atom. The summed E-state index contributed by atoms with van der Waals surface area (Å²) in [4.78, 5) is 15.4. The smallest absolute Gasteiger partial charge is 0.475 e. The van der Waals surface area contributed by atoms with Crippen molar-refractivity contribution in [2.45, 2.75) is 36.5 Å². The van der Waals surface area contributed by atoms with Crippen molar-refractivity contribution in [1.82, 2.24) is 13.9 Å². The van der Waals surface area contributed by atoms with Crippen LogP contribution < -0.4 is 4.90 Å². The van der Waals surface area contributed by atoms with Gasteiger partial charge < -0.3 is 14.6 Å². The number of fused-ring (bicyclic) bond motifs is 2. The topological polar surface area (TPSA) is 120 Å². The number of carbonyl (C=O) groups is 1. The van der Waals surface area contributed by atoms with E-state index in [0.717, 1.165) is 25.2 Å². The summed E-state index contributed by atoms with van der Waals surface area (Å²) in [6.07, 6.45) is -0.693. The van der Waals surface area contributed by atoms with Gasteiger partial charge in [0.2, 0.25) is 10.0 Å². The Morgan fingerprint density at radius 2 is 1.76 bits per heavy atom. The van der Waals surface area contributed by atoms with Gasteiger partial charge in [-0.15, -0.1) is 0 Å². The summed E-state index contributed by atoms with van der Waals surface area (Å²) in [5, 5.41) is 19.0. The molecule has 9 nitrogen and oxygen atoms in total. The average molecular weight is 598 g/mol. The van der Waals surface area contributed by atoms with Gasteiger partial charge in [-0.3, -0.25) is 0 Å². The van der Waals surface area contributed by atoms with Gasteiger partial charge in [0.1, 0.15) is 4.90 Å². The number of hydrogen-bond acceptors (Lipinski definition) is 6. The molecule has 4 aromatic rings. The first-order valence-electron chi connectivity index (χ1n) is 13.0. The second kappa shape index (κ2) is 11.5. The van der Waals surface area contributed by atoms with E-state index in [0.29, 0.717) is 30.3 Å². The summed E-state index contributed by atoms with van der Waals surface area (Å²) in [5.41, 5.74) is 3.16. The van der Waals surface area contributed by atoms with Gasteiger partial charge in [0.05, 0.1) is 35.9 Å². The molecule has 218 valence electrons. The molecule has 1 N–H and O–H groups in total. The summed E-state index contributed by atoms with van der Waals surface area (Å²) in [6, 6.07) is 22.1. The van der Waals surface area contributed by atoms with Crippen LogP contribution in [0.15, 0.2) is 78.1 Å². The third-order valence-electron chi connectivity index (χ3n) is 7.45. The van der Waals surface area contributed by atoms with Crippen molar-refractivity contribution in [3.8, 4) is 6.07 Å². The number of imidazole rings is 1. The number of anilines is 1. The van der Waals surface area contributed by atoms with Crippen LogP contribution in [0.4, 0.5) is 18.9 Å². The first-order chi connectivity index (χ1) is 20.0. The molecule has 42 heavy (non-hydrogen) atoms. The lowest BCUT2D eigenvalue weighted by atomic mass is 9.96. The molecule has 3 heterocycles. The number of nitrogens with zero attached hydrogens (tertiary/aromatic N) is 5. The molecular formula is C29H26F3N5O4S. The maximum atomic E-state index is 13.8. The zero-order valence-corrected chi connectivity index (χ0v) is 23.0. The summed E-state index contributed by atoms with van der Waals surface area (Å²) in [7, 11) is -3.79. The van der Waals surface area contributed by atoms with E-state index in [1.165, 1.54) is 26.7 Å². The van der Waals surface area contributed by atoms with Crippen LogP contribution in [0.25, 0.3) is 10.8 Å². The molecule has 1 saturated heterocycles. The van der Waals surface area contributed by atoms with Crippen LogP contribution in [-0.2, 0) is 27.9 Å². The van der Waals surface area contributed by atoms with E-state index in [4.69, 9.17) is 9.90 Å². The number of benzene rings is 3. The summed E-state index contributed by atoms with van der Waals surface area (Å²) in [6.45, 7) is 2.72. The van der Waals surface area contributed by atoms with Crippen LogP contribution in [0.2, 0.25) is 0 Å². The van der Waals surface area contributed by atoms with Crippen molar-refractivity contribution in [1.29, 1.82) is 5.26 Å². The molecule has 1 fully saturated rings. The number of carboxylic acid groups (broad SMARTS) is 1. The SMILES string of the molecule is N#Cc1ccc(N2CCC(c3ccc4ccccc4c3)C2)c(S(=O)(=O)N2CCn3cncc3C2)c1.O=C(O)C(F)(F)F. The van der Waals surface area contributed by atoms with E-state index in [1.54, 1.807) is 24.7 Å². The molecule has 0 saturated carbocycles. The lowest BCUT2D eigenvalue weighted by molar-refractivity contribution is -0.192. The van der Waals surface area contributed by atoms with Gasteiger partial charge in [-0.05, 0) is 41.0 Å². The fourth-order valence-electron chi connectivity index (χ4n) is 5.27. The van der Waals surface area contributed by atoms with Crippen molar-refractivity contribution in [3.05, 3.63) is 90.0 Å². The fraction of sp³-hybridized carbons (Fsp3) is 0.276. The minimum absolute atomic E-state index is 0.212. The van der Waals surface area contributed by atoms with E-state index in [9.17, 15) is 26.9 Å². The Bertz CT molecular complexity index is 1780. The molecule has 13 heteroatoms. The molecule has 0 spiro atoms. The molecule has 1 unspecified atom stereocenters. The van der Waals surface area contributed by atoms with Gasteiger partial charge in [-0.1, -0.05) is 42.5 Å². The Morgan fingerprint density at radius 3 is 2.48 bits per heavy atom. The number of sulfonamides is 1. The number of halogens is 3. The van der Waals surface area contributed by atoms with E-state index in [2.05, 4.69) is 52.4 Å². The molecule has 6 rings (SSSR count). The van der Waals surface area contributed by atoms with Gasteiger partial charge in [0.25, 0.3) is 0 Å². The van der Waals surface area contributed by atoms with E-state index in [-0.39, 0.29) is 11.4 Å². The first kappa shape index (κ1) is 29.1. The predicted molar refractivity (Wildman–Crippen MR) is 148 cm³/mol. The van der Waals surface area contributed by atoms with Crippen molar-refractivity contribution < 1.29 is 31.5 Å². The Kier molecular flexibility index (Phi) is 7.94. The molecular weight excluding hydrogens is 571 g/mol. The number of aromatic nitrogens is 2. The number of hydrogen-bond donors (Lipinski definition) is 1. The van der Waals surface area contributed by atoms with E-state index in [1.807, 2.05) is 10.6 Å². The third kappa shape index (κ3) is 5.95. The molecule has 2 aliphatic rings. The Hall–Kier alpha value is -4.41. The number of rotatable bonds is 4. The zero-order valence-electron chi connectivity index (χ0n) is 22.2. The number of carboxylic acids is 1. The molecule has 0 radical (unpaired) electrons. The predicted octanol–water partition coefficient (Wildman–Crippen LogP) is 4.74. The Balaban J connectivity index is 0.000000451. The first-order valence-corrected chi connectivity index (χ1v) is 14.5. The lowest BCUT2D eigenvalue weighted by Crippen LogP contribution is -2.38. The quantitative estimate of drug-likeness (QED) is 0.361. The summed E-state index contributed by atoms with van der Waals surface area (Å²) in [5.74, 6) is -2.44. The highest BCUT2D eigenvalue weighted by Gasteiger charge is 2.38. The van der Waals surface area contributed by atoms with Crippen molar-refractivity contribution in [2.75, 3.05) is 24.5 Å². The van der Waals surface area contributed by atoms with Gasteiger partial charge in [0.15, 0.2) is 0 Å². The normalized spacial score (nSPS) is 17.3. The maximum absolute atomic E-state index is 13.8. The van der Waals surface area contributed by atoms with Crippen LogP contribution in [0.1, 0.15) is 29.2 Å². The van der Waals surface area contributed by atoms with Gasteiger partial charge in [-0.25, -0.2) is 18.2 Å². The monoisotopic (exact) mass is 597 g/mol. The molecule has 0 amide bonds. The van der Waals surface area contributed by atoms with Gasteiger partial charge in [-0.2, -0.15) is 22.7 Å². The fourth-order valence-corrected chi connectivity index (χ4v) is 6.91. The maximum Gasteiger partial charge on any atom is 0.490 e. The van der Waals surface area contributed by atoms with Crippen LogP contribution in [0.5, 0.6) is 0 Å². The van der Waals surface area contributed by atoms with Gasteiger partial charge >= 0.3 is 12.1 Å². The van der Waals surface area contributed by atoms with Crippen molar-refractivity contribution >= 4 is 32.5 Å².